The van der Waals surface area contributed by atoms with Gasteiger partial charge in [0.05, 0.1) is 0 Å². The van der Waals surface area contributed by atoms with Gasteiger partial charge in [-0.15, -0.1) is 0 Å². The molecule has 2 amide bonds. The molecule has 1 aliphatic heterocycles. The smallest absolute Gasteiger partial charge is 0.407 e. The maximum atomic E-state index is 11.9. The number of hydrogen-bond donors (Lipinski definition) is 2. The first kappa shape index (κ1) is 14.7. The lowest BCUT2D eigenvalue weighted by Gasteiger charge is -2.22. The highest BCUT2D eigenvalue weighted by Gasteiger charge is 2.46. The van der Waals surface area contributed by atoms with E-state index in [1.54, 1.807) is 0 Å². The van der Waals surface area contributed by atoms with E-state index >= 15 is 0 Å². The van der Waals surface area contributed by atoms with Crippen LogP contribution in [0.5, 0.6) is 0 Å². The van der Waals surface area contributed by atoms with Crippen molar-refractivity contribution in [2.24, 2.45) is 5.92 Å². The second-order valence-electron chi connectivity index (χ2n) is 5.89. The van der Waals surface area contributed by atoms with Crippen molar-refractivity contribution >= 4 is 12.2 Å². The molecule has 0 spiro atoms. The van der Waals surface area contributed by atoms with Gasteiger partial charge in [-0.3, -0.25) is 0 Å². The van der Waals surface area contributed by atoms with Gasteiger partial charge in [0.15, 0.2) is 0 Å². The highest BCUT2D eigenvalue weighted by Crippen LogP contribution is 2.38. The zero-order valence-electron chi connectivity index (χ0n) is 12.3. The standard InChI is InChI=1S/C16H20N2O4/c19-15(22-10-11-4-2-1-3-5-11)17-13-6-7-14-12(13)8-9-18(14)16(20)21/h1-5,12-14H,6-10H2,(H,17,19)(H,20,21). The minimum absolute atomic E-state index is 0.0117. The predicted molar refractivity (Wildman–Crippen MR) is 79.4 cm³/mol. The number of nitrogens with one attached hydrogen (secondary N) is 1. The lowest BCUT2D eigenvalue weighted by molar-refractivity contribution is 0.131. The van der Waals surface area contributed by atoms with Crippen LogP contribution in [0.2, 0.25) is 0 Å². The van der Waals surface area contributed by atoms with Crippen LogP contribution >= 0.6 is 0 Å². The molecule has 1 heterocycles. The molecule has 1 aromatic rings. The number of benzene rings is 1. The number of carbonyl (C=O) groups is 2. The zero-order valence-corrected chi connectivity index (χ0v) is 12.3. The molecule has 0 radical (unpaired) electrons. The molecule has 1 saturated heterocycles. The molecule has 1 aromatic carbocycles. The van der Waals surface area contributed by atoms with Gasteiger partial charge in [0, 0.05) is 24.5 Å². The van der Waals surface area contributed by atoms with Gasteiger partial charge in [-0.25, -0.2) is 9.59 Å². The van der Waals surface area contributed by atoms with Gasteiger partial charge in [-0.05, 0) is 24.8 Å². The summed E-state index contributed by atoms with van der Waals surface area (Å²) >= 11 is 0. The number of rotatable bonds is 3. The molecule has 2 aliphatic rings. The fourth-order valence-electron chi connectivity index (χ4n) is 3.61. The summed E-state index contributed by atoms with van der Waals surface area (Å²) in [5, 5.41) is 12.1. The Kier molecular flexibility index (Phi) is 4.18. The fourth-order valence-corrected chi connectivity index (χ4v) is 3.61. The van der Waals surface area contributed by atoms with E-state index in [1.165, 1.54) is 4.90 Å². The summed E-state index contributed by atoms with van der Waals surface area (Å²) < 4.78 is 5.23. The van der Waals surface area contributed by atoms with E-state index in [4.69, 9.17) is 9.84 Å². The van der Waals surface area contributed by atoms with E-state index in [1.807, 2.05) is 30.3 Å². The average molecular weight is 304 g/mol. The van der Waals surface area contributed by atoms with Crippen molar-refractivity contribution < 1.29 is 19.4 Å². The van der Waals surface area contributed by atoms with E-state index in [-0.39, 0.29) is 24.6 Å². The highest BCUT2D eigenvalue weighted by molar-refractivity contribution is 5.68. The molecule has 0 aromatic heterocycles. The molecule has 6 nitrogen and oxygen atoms in total. The third-order valence-corrected chi connectivity index (χ3v) is 4.65. The van der Waals surface area contributed by atoms with Gasteiger partial charge < -0.3 is 20.1 Å². The predicted octanol–water partition coefficient (Wildman–Crippen LogP) is 2.44. The third kappa shape index (κ3) is 3.00. The molecule has 22 heavy (non-hydrogen) atoms. The number of carbonyl (C=O) groups excluding carboxylic acids is 1. The summed E-state index contributed by atoms with van der Waals surface area (Å²) in [6.07, 6.45) is 1.13. The van der Waals surface area contributed by atoms with Gasteiger partial charge in [0.2, 0.25) is 0 Å². The first-order chi connectivity index (χ1) is 10.6. The molecule has 1 saturated carbocycles. The summed E-state index contributed by atoms with van der Waals surface area (Å²) in [7, 11) is 0. The SMILES string of the molecule is O=C(NC1CCC2C1CCN2C(=O)O)OCc1ccccc1. The van der Waals surface area contributed by atoms with Crippen LogP contribution in [0.3, 0.4) is 0 Å². The van der Waals surface area contributed by atoms with Crippen LogP contribution in [0.15, 0.2) is 30.3 Å². The monoisotopic (exact) mass is 304 g/mol. The van der Waals surface area contributed by atoms with Crippen LogP contribution in [0.4, 0.5) is 9.59 Å². The lowest BCUT2D eigenvalue weighted by atomic mass is 10.0. The van der Waals surface area contributed by atoms with E-state index in [0.29, 0.717) is 6.54 Å². The Morgan fingerprint density at radius 1 is 1.23 bits per heavy atom. The van der Waals surface area contributed by atoms with Gasteiger partial charge in [-0.2, -0.15) is 0 Å². The second-order valence-corrected chi connectivity index (χ2v) is 5.89. The maximum absolute atomic E-state index is 11.9. The summed E-state index contributed by atoms with van der Waals surface area (Å²) in [6.45, 7) is 0.802. The summed E-state index contributed by atoms with van der Waals surface area (Å²) in [5.41, 5.74) is 0.944. The van der Waals surface area contributed by atoms with Crippen LogP contribution in [0, 0.1) is 5.92 Å². The number of fused-ring (bicyclic) bond motifs is 1. The lowest BCUT2D eigenvalue weighted by Crippen LogP contribution is -2.40. The highest BCUT2D eigenvalue weighted by atomic mass is 16.5. The van der Waals surface area contributed by atoms with Crippen molar-refractivity contribution in [1.29, 1.82) is 0 Å². The van der Waals surface area contributed by atoms with E-state index < -0.39 is 12.2 Å². The number of carboxylic acid groups (broad SMARTS) is 1. The molecule has 6 heteroatoms. The van der Waals surface area contributed by atoms with Gasteiger partial charge >= 0.3 is 12.2 Å². The first-order valence-corrected chi connectivity index (χ1v) is 7.62. The zero-order chi connectivity index (χ0) is 15.5. The van der Waals surface area contributed by atoms with Crippen molar-refractivity contribution in [3.63, 3.8) is 0 Å². The molecular formula is C16H20N2O4. The van der Waals surface area contributed by atoms with Gasteiger partial charge in [-0.1, -0.05) is 30.3 Å². The largest absolute Gasteiger partial charge is 0.465 e. The number of likely N-dealkylation sites (tertiary alicyclic amines) is 1. The Hall–Kier alpha value is -2.24. The minimum Gasteiger partial charge on any atom is -0.465 e. The van der Waals surface area contributed by atoms with Crippen LogP contribution in [0.25, 0.3) is 0 Å². The molecule has 2 fully saturated rings. The molecule has 0 bridgehead atoms. The van der Waals surface area contributed by atoms with Crippen molar-refractivity contribution in [1.82, 2.24) is 10.2 Å². The Bertz CT molecular complexity index is 548. The van der Waals surface area contributed by atoms with Crippen LogP contribution < -0.4 is 5.32 Å². The minimum atomic E-state index is -0.861. The van der Waals surface area contributed by atoms with E-state index in [2.05, 4.69) is 5.32 Å². The third-order valence-electron chi connectivity index (χ3n) is 4.65. The van der Waals surface area contributed by atoms with E-state index in [9.17, 15) is 9.59 Å². The van der Waals surface area contributed by atoms with Crippen LogP contribution in [-0.2, 0) is 11.3 Å². The second kappa shape index (κ2) is 6.25. The average Bonchev–Trinajstić information content (AvgIpc) is 3.09. The quantitative estimate of drug-likeness (QED) is 0.899. The van der Waals surface area contributed by atoms with Crippen molar-refractivity contribution in [3.05, 3.63) is 35.9 Å². The molecule has 2 N–H and O–H groups in total. The Balaban J connectivity index is 1.50. The van der Waals surface area contributed by atoms with Crippen molar-refractivity contribution in [2.45, 2.75) is 38.0 Å². The first-order valence-electron chi connectivity index (χ1n) is 7.62. The molecule has 1 aliphatic carbocycles. The van der Waals surface area contributed by atoms with Crippen molar-refractivity contribution in [3.8, 4) is 0 Å². The molecular weight excluding hydrogens is 284 g/mol. The summed E-state index contributed by atoms with van der Waals surface area (Å²) in [6, 6.07) is 9.57. The van der Waals surface area contributed by atoms with Crippen LogP contribution in [0.1, 0.15) is 24.8 Å². The number of alkyl carbamates (subject to hydrolysis) is 1. The maximum Gasteiger partial charge on any atom is 0.407 e. The summed E-state index contributed by atoms with van der Waals surface area (Å²) in [4.78, 5) is 24.6. The Morgan fingerprint density at radius 3 is 2.73 bits per heavy atom. The Labute approximate surface area is 129 Å². The molecule has 3 unspecified atom stereocenters. The Morgan fingerprint density at radius 2 is 2.00 bits per heavy atom. The van der Waals surface area contributed by atoms with Gasteiger partial charge in [0.25, 0.3) is 0 Å². The van der Waals surface area contributed by atoms with E-state index in [0.717, 1.165) is 24.8 Å². The molecule has 3 rings (SSSR count). The molecule has 3 atom stereocenters. The normalized spacial score (nSPS) is 26.5. The molecule has 118 valence electrons. The number of ether oxygens (including phenoxy) is 1. The number of amides is 2. The van der Waals surface area contributed by atoms with Crippen molar-refractivity contribution in [2.75, 3.05) is 6.54 Å². The number of nitrogens with zero attached hydrogens (tertiary/aromatic N) is 1. The number of hydrogen-bond acceptors (Lipinski definition) is 3. The fraction of sp³-hybridized carbons (Fsp3) is 0.500. The summed E-state index contributed by atoms with van der Waals surface area (Å²) in [5.74, 6) is 0.209. The van der Waals surface area contributed by atoms with Gasteiger partial charge in [0.1, 0.15) is 6.61 Å². The topological polar surface area (TPSA) is 78.9 Å². The van der Waals surface area contributed by atoms with Crippen LogP contribution in [-0.4, -0.2) is 40.8 Å².